The van der Waals surface area contributed by atoms with E-state index in [1.54, 1.807) is 0 Å². The van der Waals surface area contributed by atoms with Crippen LogP contribution in [0.25, 0.3) is 0 Å². The molecule has 1 aliphatic heterocycles. The lowest BCUT2D eigenvalue weighted by molar-refractivity contribution is -0.0293. The van der Waals surface area contributed by atoms with Crippen LogP contribution in [0.15, 0.2) is 48.5 Å². The second-order valence-corrected chi connectivity index (χ2v) is 8.53. The van der Waals surface area contributed by atoms with Gasteiger partial charge < -0.3 is 9.84 Å². The lowest BCUT2D eigenvalue weighted by Gasteiger charge is -2.41. The van der Waals surface area contributed by atoms with Gasteiger partial charge in [-0.05, 0) is 41.7 Å². The monoisotopic (exact) mass is 415 g/mol. The van der Waals surface area contributed by atoms with E-state index in [-0.39, 0.29) is 5.92 Å². The molecule has 0 saturated carbocycles. The highest BCUT2D eigenvalue weighted by Gasteiger charge is 2.40. The molecule has 0 aromatic heterocycles. The summed E-state index contributed by atoms with van der Waals surface area (Å²) in [6.45, 7) is 8.47. The first kappa shape index (κ1) is 22.3. The maximum atomic E-state index is 12.2. The summed E-state index contributed by atoms with van der Waals surface area (Å²) in [6.07, 6.45) is 3.79. The topological polar surface area (TPSA) is 32.7 Å². The van der Waals surface area contributed by atoms with Crippen LogP contribution >= 0.6 is 11.6 Å². The summed E-state index contributed by atoms with van der Waals surface area (Å²) in [7, 11) is 0. The van der Waals surface area contributed by atoms with Gasteiger partial charge in [-0.25, -0.2) is 0 Å². The average molecular weight is 416 g/mol. The molecule has 1 N–H and O–H groups in total. The molecule has 2 aromatic carbocycles. The van der Waals surface area contributed by atoms with E-state index in [2.05, 4.69) is 55.1 Å². The minimum Gasteiger partial charge on any atom is -0.384 e. The molecular weight excluding hydrogens is 382 g/mol. The van der Waals surface area contributed by atoms with Crippen molar-refractivity contribution in [2.45, 2.75) is 51.0 Å². The van der Waals surface area contributed by atoms with Crippen LogP contribution in [0.3, 0.4) is 0 Å². The van der Waals surface area contributed by atoms with Crippen molar-refractivity contribution < 1.29 is 9.84 Å². The Bertz CT molecular complexity index is 740. The van der Waals surface area contributed by atoms with Gasteiger partial charge in [0.05, 0.1) is 18.8 Å². The summed E-state index contributed by atoms with van der Waals surface area (Å²) >= 11 is 6.17. The first-order chi connectivity index (χ1) is 14.1. The Morgan fingerprint density at radius 2 is 1.69 bits per heavy atom. The lowest BCUT2D eigenvalue weighted by atomic mass is 9.73. The normalized spacial score (nSPS) is 18.3. The van der Waals surface area contributed by atoms with Crippen LogP contribution < -0.4 is 0 Å². The first-order valence-corrected chi connectivity index (χ1v) is 11.3. The molecule has 1 fully saturated rings. The van der Waals surface area contributed by atoms with Gasteiger partial charge in [0.1, 0.15) is 0 Å². The molecule has 1 saturated heterocycles. The maximum Gasteiger partial charge on any atom is 0.0977 e. The van der Waals surface area contributed by atoms with Crippen molar-refractivity contribution in [1.29, 1.82) is 0 Å². The molecule has 0 bridgehead atoms. The quantitative estimate of drug-likeness (QED) is 0.595. The molecule has 0 unspecified atom stereocenters. The molecule has 2 aromatic rings. The molecule has 0 amide bonds. The standard InChI is InChI=1S/C25H34ClNO2/c1-3-5-14-25(28,22-10-6-20(4-2)7-11-22)24(19-27-15-17-29-18-16-27)21-8-12-23(26)13-9-21/h6-13,24,28H,3-5,14-19H2,1-2H3/t24-,25-/m1/s1. The van der Waals surface area contributed by atoms with Crippen LogP contribution in [0, 0.1) is 0 Å². The van der Waals surface area contributed by atoms with Gasteiger partial charge in [0.15, 0.2) is 0 Å². The molecule has 2 atom stereocenters. The van der Waals surface area contributed by atoms with E-state index in [0.29, 0.717) is 0 Å². The molecule has 1 heterocycles. The lowest BCUT2D eigenvalue weighted by Crippen LogP contribution is -2.45. The molecule has 1 aliphatic rings. The van der Waals surface area contributed by atoms with Gasteiger partial charge in [-0.1, -0.05) is 74.7 Å². The number of aliphatic hydroxyl groups is 1. The second-order valence-electron chi connectivity index (χ2n) is 8.10. The van der Waals surface area contributed by atoms with E-state index >= 15 is 0 Å². The highest BCUT2D eigenvalue weighted by atomic mass is 35.5. The first-order valence-electron chi connectivity index (χ1n) is 10.9. The summed E-state index contributed by atoms with van der Waals surface area (Å²) < 4.78 is 5.54. The molecule has 29 heavy (non-hydrogen) atoms. The van der Waals surface area contributed by atoms with Crippen molar-refractivity contribution in [2.24, 2.45) is 0 Å². The Morgan fingerprint density at radius 1 is 1.03 bits per heavy atom. The third-order valence-electron chi connectivity index (χ3n) is 6.17. The molecular formula is C25H34ClNO2. The van der Waals surface area contributed by atoms with Gasteiger partial charge in [0.2, 0.25) is 0 Å². The van der Waals surface area contributed by atoms with Crippen molar-refractivity contribution in [3.63, 3.8) is 0 Å². The predicted octanol–water partition coefficient (Wildman–Crippen LogP) is 5.40. The second kappa shape index (κ2) is 10.6. The molecule has 0 aliphatic carbocycles. The van der Waals surface area contributed by atoms with Crippen molar-refractivity contribution in [2.75, 3.05) is 32.8 Å². The van der Waals surface area contributed by atoms with Gasteiger partial charge in [-0.2, -0.15) is 0 Å². The zero-order valence-electron chi connectivity index (χ0n) is 17.7. The predicted molar refractivity (Wildman–Crippen MR) is 121 cm³/mol. The molecule has 4 heteroatoms. The van der Waals surface area contributed by atoms with E-state index in [1.807, 2.05) is 12.1 Å². The minimum atomic E-state index is -0.922. The van der Waals surface area contributed by atoms with Gasteiger partial charge in [-0.3, -0.25) is 4.90 Å². The number of rotatable bonds is 9. The Balaban J connectivity index is 2.00. The SMILES string of the molecule is CCCC[C@@](O)(c1ccc(CC)cc1)[C@H](CN1CCOCC1)c1ccc(Cl)cc1. The molecule has 3 rings (SSSR count). The number of hydrogen-bond donors (Lipinski definition) is 1. The number of nitrogens with zero attached hydrogens (tertiary/aromatic N) is 1. The Labute approximate surface area is 180 Å². The van der Waals surface area contributed by atoms with Gasteiger partial charge in [-0.15, -0.1) is 0 Å². The van der Waals surface area contributed by atoms with E-state index in [4.69, 9.17) is 16.3 Å². The number of halogens is 1. The van der Waals surface area contributed by atoms with Crippen molar-refractivity contribution in [3.05, 3.63) is 70.2 Å². The number of aryl methyl sites for hydroxylation is 1. The fraction of sp³-hybridized carbons (Fsp3) is 0.520. The zero-order chi connectivity index (χ0) is 20.7. The van der Waals surface area contributed by atoms with Gasteiger partial charge in [0.25, 0.3) is 0 Å². The molecule has 3 nitrogen and oxygen atoms in total. The number of morpholine rings is 1. The van der Waals surface area contributed by atoms with E-state index in [1.165, 1.54) is 5.56 Å². The summed E-state index contributed by atoms with van der Waals surface area (Å²) in [6, 6.07) is 16.6. The van der Waals surface area contributed by atoms with Crippen LogP contribution in [0.4, 0.5) is 0 Å². The maximum absolute atomic E-state index is 12.2. The van der Waals surface area contributed by atoms with Gasteiger partial charge in [0, 0.05) is 30.6 Å². The Hall–Kier alpha value is -1.39. The van der Waals surface area contributed by atoms with E-state index < -0.39 is 5.60 Å². The third kappa shape index (κ3) is 5.61. The largest absolute Gasteiger partial charge is 0.384 e. The summed E-state index contributed by atoms with van der Waals surface area (Å²) in [5.41, 5.74) is 2.52. The highest BCUT2D eigenvalue weighted by molar-refractivity contribution is 6.30. The van der Waals surface area contributed by atoms with E-state index in [9.17, 15) is 5.11 Å². The Kier molecular flexibility index (Phi) is 8.14. The average Bonchev–Trinajstić information content (AvgIpc) is 2.77. The van der Waals surface area contributed by atoms with Crippen LogP contribution in [0.1, 0.15) is 55.7 Å². The zero-order valence-corrected chi connectivity index (χ0v) is 18.5. The molecule has 0 spiro atoms. The number of ether oxygens (including phenoxy) is 1. The number of hydrogen-bond acceptors (Lipinski definition) is 3. The van der Waals surface area contributed by atoms with Crippen LogP contribution in [-0.4, -0.2) is 42.9 Å². The van der Waals surface area contributed by atoms with Crippen molar-refractivity contribution in [3.8, 4) is 0 Å². The fourth-order valence-electron chi connectivity index (χ4n) is 4.26. The molecule has 158 valence electrons. The number of unbranched alkanes of at least 4 members (excludes halogenated alkanes) is 1. The van der Waals surface area contributed by atoms with Crippen LogP contribution in [0.2, 0.25) is 5.02 Å². The smallest absolute Gasteiger partial charge is 0.0977 e. The summed E-state index contributed by atoms with van der Waals surface area (Å²) in [4.78, 5) is 2.42. The third-order valence-corrected chi connectivity index (χ3v) is 6.42. The van der Waals surface area contributed by atoms with Crippen LogP contribution in [0.5, 0.6) is 0 Å². The van der Waals surface area contributed by atoms with Gasteiger partial charge >= 0.3 is 0 Å². The highest BCUT2D eigenvalue weighted by Crippen LogP contribution is 2.42. The Morgan fingerprint density at radius 3 is 2.28 bits per heavy atom. The van der Waals surface area contributed by atoms with Crippen LogP contribution in [-0.2, 0) is 16.8 Å². The minimum absolute atomic E-state index is 0.0307. The van der Waals surface area contributed by atoms with E-state index in [0.717, 1.165) is 74.7 Å². The fourth-order valence-corrected chi connectivity index (χ4v) is 4.39. The number of benzene rings is 2. The molecule has 0 radical (unpaired) electrons. The summed E-state index contributed by atoms with van der Waals surface area (Å²) in [5, 5.41) is 12.9. The summed E-state index contributed by atoms with van der Waals surface area (Å²) in [5.74, 6) is -0.0307. The van der Waals surface area contributed by atoms with Crippen molar-refractivity contribution >= 4 is 11.6 Å². The van der Waals surface area contributed by atoms with Crippen molar-refractivity contribution in [1.82, 2.24) is 4.90 Å².